The van der Waals surface area contributed by atoms with Crippen molar-refractivity contribution >= 4 is 16.6 Å². The number of nitrogens with two attached hydrogens (primary N) is 1. The van der Waals surface area contributed by atoms with Gasteiger partial charge in [-0.3, -0.25) is 0 Å². The Morgan fingerprint density at radius 1 is 1.21 bits per heavy atom. The molecule has 7 heteroatoms. The summed E-state index contributed by atoms with van der Waals surface area (Å²) in [5, 5.41) is 8.96. The van der Waals surface area contributed by atoms with Gasteiger partial charge in [0.05, 0.1) is 6.20 Å². The number of alkyl halides is 3. The van der Waals surface area contributed by atoms with Crippen LogP contribution in [0.1, 0.15) is 0 Å². The zero-order valence-electron chi connectivity index (χ0n) is 10.1. The molecule has 1 heterocycles. The molecule has 0 bridgehead atoms. The monoisotopic (exact) mass is 270 g/mol. The van der Waals surface area contributed by atoms with Gasteiger partial charge in [0.2, 0.25) is 0 Å². The van der Waals surface area contributed by atoms with Crippen molar-refractivity contribution in [2.45, 2.75) is 6.18 Å². The Morgan fingerprint density at radius 2 is 1.95 bits per heavy atom. The second kappa shape index (κ2) is 5.40. The SMILES string of the molecule is NCCN(CC(F)(F)F)c1nncc2ccccc12. The first-order chi connectivity index (χ1) is 9.01. The van der Waals surface area contributed by atoms with E-state index in [1.165, 1.54) is 6.20 Å². The van der Waals surface area contributed by atoms with Gasteiger partial charge in [-0.1, -0.05) is 24.3 Å². The van der Waals surface area contributed by atoms with Gasteiger partial charge in [0, 0.05) is 23.9 Å². The highest BCUT2D eigenvalue weighted by Crippen LogP contribution is 2.26. The molecule has 2 N–H and O–H groups in total. The van der Waals surface area contributed by atoms with E-state index in [9.17, 15) is 13.2 Å². The van der Waals surface area contributed by atoms with E-state index in [2.05, 4.69) is 10.2 Å². The Morgan fingerprint density at radius 3 is 2.63 bits per heavy atom. The standard InChI is InChI=1S/C12H13F3N4/c13-12(14,15)8-19(6-5-16)11-10-4-2-1-3-9(10)7-17-18-11/h1-4,7H,5-6,8,16H2. The van der Waals surface area contributed by atoms with Crippen LogP contribution >= 0.6 is 0 Å². The summed E-state index contributed by atoms with van der Waals surface area (Å²) in [6.45, 7) is -0.907. The van der Waals surface area contributed by atoms with Crippen molar-refractivity contribution in [2.24, 2.45) is 5.73 Å². The zero-order chi connectivity index (χ0) is 13.9. The molecule has 0 aliphatic rings. The number of hydrogen-bond donors (Lipinski definition) is 1. The Labute approximate surface area is 108 Å². The van der Waals surface area contributed by atoms with Gasteiger partial charge >= 0.3 is 6.18 Å². The number of rotatable bonds is 4. The van der Waals surface area contributed by atoms with Crippen molar-refractivity contribution in [1.82, 2.24) is 10.2 Å². The third-order valence-electron chi connectivity index (χ3n) is 2.62. The lowest BCUT2D eigenvalue weighted by atomic mass is 10.2. The normalized spacial score (nSPS) is 11.8. The number of anilines is 1. The Balaban J connectivity index is 2.44. The summed E-state index contributed by atoms with van der Waals surface area (Å²) in [6.07, 6.45) is -2.79. The first-order valence-corrected chi connectivity index (χ1v) is 5.73. The molecule has 4 nitrogen and oxygen atoms in total. The molecule has 2 rings (SSSR count). The lowest BCUT2D eigenvalue weighted by molar-refractivity contribution is -0.119. The summed E-state index contributed by atoms with van der Waals surface area (Å²) < 4.78 is 37.8. The van der Waals surface area contributed by atoms with Crippen LogP contribution in [0.3, 0.4) is 0 Å². The second-order valence-corrected chi connectivity index (χ2v) is 4.08. The molecule has 0 unspecified atom stereocenters. The highest BCUT2D eigenvalue weighted by Gasteiger charge is 2.31. The van der Waals surface area contributed by atoms with E-state index in [1.54, 1.807) is 24.3 Å². The number of hydrogen-bond acceptors (Lipinski definition) is 4. The minimum absolute atomic E-state index is 0.0716. The molecule has 0 amide bonds. The van der Waals surface area contributed by atoms with Crippen molar-refractivity contribution in [3.8, 4) is 0 Å². The first kappa shape index (κ1) is 13.5. The van der Waals surface area contributed by atoms with Gasteiger partial charge in [-0.05, 0) is 0 Å². The maximum Gasteiger partial charge on any atom is 0.405 e. The van der Waals surface area contributed by atoms with Crippen LogP contribution in [0.25, 0.3) is 10.8 Å². The lowest BCUT2D eigenvalue weighted by Gasteiger charge is -2.24. The molecule has 0 aliphatic heterocycles. The fraction of sp³-hybridized carbons (Fsp3) is 0.333. The minimum atomic E-state index is -4.31. The summed E-state index contributed by atoms with van der Waals surface area (Å²) in [4.78, 5) is 1.11. The third-order valence-corrected chi connectivity index (χ3v) is 2.62. The number of benzene rings is 1. The molecule has 0 saturated heterocycles. The molecule has 0 saturated carbocycles. The molecule has 0 fully saturated rings. The quantitative estimate of drug-likeness (QED) is 0.922. The number of fused-ring (bicyclic) bond motifs is 1. The summed E-state index contributed by atoms with van der Waals surface area (Å²) in [6, 6.07) is 7.05. The highest BCUT2D eigenvalue weighted by molar-refractivity contribution is 5.91. The van der Waals surface area contributed by atoms with E-state index in [1.807, 2.05) is 0 Å². The Bertz CT molecular complexity index is 551. The summed E-state index contributed by atoms with van der Waals surface area (Å²) in [7, 11) is 0. The molecule has 1 aromatic heterocycles. The first-order valence-electron chi connectivity index (χ1n) is 5.73. The largest absolute Gasteiger partial charge is 0.405 e. The molecule has 0 atom stereocenters. The molecule has 102 valence electrons. The van der Waals surface area contributed by atoms with Gasteiger partial charge in [-0.25, -0.2) is 0 Å². The van der Waals surface area contributed by atoms with Crippen LogP contribution in [-0.2, 0) is 0 Å². The average Bonchev–Trinajstić information content (AvgIpc) is 2.36. The number of halogens is 3. The summed E-state index contributed by atoms with van der Waals surface area (Å²) in [5.41, 5.74) is 5.37. The lowest BCUT2D eigenvalue weighted by Crippen LogP contribution is -2.38. The van der Waals surface area contributed by atoms with Crippen LogP contribution in [0.2, 0.25) is 0 Å². The molecular formula is C12H13F3N4. The number of nitrogens with zero attached hydrogens (tertiary/aromatic N) is 3. The van der Waals surface area contributed by atoms with E-state index >= 15 is 0 Å². The predicted molar refractivity (Wildman–Crippen MR) is 66.9 cm³/mol. The summed E-state index contributed by atoms with van der Waals surface area (Å²) in [5.74, 6) is 0.209. The van der Waals surface area contributed by atoms with Crippen LogP contribution in [0, 0.1) is 0 Å². The van der Waals surface area contributed by atoms with Crippen LogP contribution < -0.4 is 10.6 Å². The van der Waals surface area contributed by atoms with E-state index in [-0.39, 0.29) is 18.9 Å². The smallest absolute Gasteiger partial charge is 0.344 e. The molecular weight excluding hydrogens is 257 g/mol. The van der Waals surface area contributed by atoms with Crippen molar-refractivity contribution in [3.63, 3.8) is 0 Å². The van der Waals surface area contributed by atoms with Crippen molar-refractivity contribution in [1.29, 1.82) is 0 Å². The van der Waals surface area contributed by atoms with E-state index in [0.717, 1.165) is 10.3 Å². The third kappa shape index (κ3) is 3.31. The van der Waals surface area contributed by atoms with Crippen LogP contribution in [0.5, 0.6) is 0 Å². The molecule has 0 spiro atoms. The van der Waals surface area contributed by atoms with Crippen LogP contribution in [0.15, 0.2) is 30.5 Å². The Hall–Kier alpha value is -1.89. The highest BCUT2D eigenvalue weighted by atomic mass is 19.4. The predicted octanol–water partition coefficient (Wildman–Crippen LogP) is 1.96. The molecule has 19 heavy (non-hydrogen) atoms. The van der Waals surface area contributed by atoms with Gasteiger partial charge in [-0.2, -0.15) is 18.3 Å². The maximum absolute atomic E-state index is 12.6. The van der Waals surface area contributed by atoms with Gasteiger partial charge < -0.3 is 10.6 Å². The fourth-order valence-corrected chi connectivity index (χ4v) is 1.88. The van der Waals surface area contributed by atoms with Crippen LogP contribution in [0.4, 0.5) is 19.0 Å². The molecule has 2 aromatic rings. The average molecular weight is 270 g/mol. The fourth-order valence-electron chi connectivity index (χ4n) is 1.88. The van der Waals surface area contributed by atoms with Gasteiger partial charge in [-0.15, -0.1) is 5.10 Å². The minimum Gasteiger partial charge on any atom is -0.344 e. The van der Waals surface area contributed by atoms with E-state index < -0.39 is 12.7 Å². The van der Waals surface area contributed by atoms with Crippen molar-refractivity contribution < 1.29 is 13.2 Å². The van der Waals surface area contributed by atoms with Gasteiger partial charge in [0.1, 0.15) is 6.54 Å². The zero-order valence-corrected chi connectivity index (χ0v) is 10.1. The van der Waals surface area contributed by atoms with Crippen LogP contribution in [-0.4, -0.2) is 36.0 Å². The van der Waals surface area contributed by atoms with Crippen molar-refractivity contribution in [2.75, 3.05) is 24.5 Å². The molecule has 0 radical (unpaired) electrons. The number of aromatic nitrogens is 2. The van der Waals surface area contributed by atoms with Crippen molar-refractivity contribution in [3.05, 3.63) is 30.5 Å². The second-order valence-electron chi connectivity index (χ2n) is 4.08. The Kier molecular flexibility index (Phi) is 3.84. The van der Waals surface area contributed by atoms with E-state index in [4.69, 9.17) is 5.73 Å². The van der Waals surface area contributed by atoms with Gasteiger partial charge in [0.25, 0.3) is 0 Å². The van der Waals surface area contributed by atoms with Gasteiger partial charge in [0.15, 0.2) is 5.82 Å². The molecule has 0 aliphatic carbocycles. The molecule has 1 aromatic carbocycles. The topological polar surface area (TPSA) is 55.0 Å². The maximum atomic E-state index is 12.6. The van der Waals surface area contributed by atoms with E-state index in [0.29, 0.717) is 5.39 Å². The summed E-state index contributed by atoms with van der Waals surface area (Å²) >= 11 is 0.